The van der Waals surface area contributed by atoms with E-state index in [1.807, 2.05) is 12.2 Å². The van der Waals surface area contributed by atoms with E-state index >= 15 is 0 Å². The van der Waals surface area contributed by atoms with Crippen LogP contribution in [-0.4, -0.2) is 26.2 Å². The molecule has 2 heteroatoms. The van der Waals surface area contributed by atoms with Gasteiger partial charge in [0.05, 0.1) is 0 Å². The Bertz CT molecular complexity index is 229. The zero-order chi connectivity index (χ0) is 12.9. The summed E-state index contributed by atoms with van der Waals surface area (Å²) in [7, 11) is 0. The molecule has 0 aromatic heterocycles. The molecule has 0 rings (SSSR count). The van der Waals surface area contributed by atoms with E-state index in [1.165, 1.54) is 18.4 Å². The van der Waals surface area contributed by atoms with Gasteiger partial charge in [-0.25, -0.2) is 0 Å². The highest BCUT2D eigenvalue weighted by Gasteiger charge is 1.94. The summed E-state index contributed by atoms with van der Waals surface area (Å²) in [5.74, 6) is 0.814. The van der Waals surface area contributed by atoms with E-state index in [-0.39, 0.29) is 0 Å². The van der Waals surface area contributed by atoms with Crippen molar-refractivity contribution in [3.8, 4) is 0 Å². The lowest BCUT2D eigenvalue weighted by atomic mass is 10.1. The standard InChI is InChI=1S/C15H28N2/c1-5-8-15(6-2)13-17-12-11-16-10-7-9-14(3)4/h5-6,8,14,16-17H,1-2,7,9-13H2,3-4H3/b15-8+. The van der Waals surface area contributed by atoms with E-state index in [4.69, 9.17) is 0 Å². The zero-order valence-electron chi connectivity index (χ0n) is 11.5. The first kappa shape index (κ1) is 16.1. The van der Waals surface area contributed by atoms with Gasteiger partial charge in [0.15, 0.2) is 0 Å². The Balaban J connectivity index is 3.31. The summed E-state index contributed by atoms with van der Waals surface area (Å²) in [5.41, 5.74) is 1.18. The fourth-order valence-electron chi connectivity index (χ4n) is 1.52. The fourth-order valence-corrected chi connectivity index (χ4v) is 1.52. The van der Waals surface area contributed by atoms with E-state index in [9.17, 15) is 0 Å². The first-order valence-corrected chi connectivity index (χ1v) is 6.56. The van der Waals surface area contributed by atoms with Crippen LogP contribution < -0.4 is 10.6 Å². The van der Waals surface area contributed by atoms with Crippen LogP contribution in [0.25, 0.3) is 0 Å². The maximum absolute atomic E-state index is 3.76. The SMILES string of the molecule is C=C/C=C(\C=C)CNCCNCCCC(C)C. The van der Waals surface area contributed by atoms with Crippen LogP contribution in [0, 0.1) is 5.92 Å². The predicted octanol–water partition coefficient (Wildman–Crippen LogP) is 2.90. The van der Waals surface area contributed by atoms with E-state index in [0.717, 1.165) is 32.1 Å². The molecule has 0 saturated carbocycles. The van der Waals surface area contributed by atoms with Gasteiger partial charge in [-0.1, -0.05) is 45.2 Å². The molecule has 17 heavy (non-hydrogen) atoms. The van der Waals surface area contributed by atoms with Crippen molar-refractivity contribution in [3.63, 3.8) is 0 Å². The number of allylic oxidation sites excluding steroid dienone is 2. The molecular formula is C15H28N2. The minimum atomic E-state index is 0.814. The second kappa shape index (κ2) is 11.6. The highest BCUT2D eigenvalue weighted by molar-refractivity contribution is 5.22. The van der Waals surface area contributed by atoms with Crippen molar-refractivity contribution < 1.29 is 0 Å². The summed E-state index contributed by atoms with van der Waals surface area (Å²) in [5, 5.41) is 6.81. The van der Waals surface area contributed by atoms with Crippen LogP contribution in [0.2, 0.25) is 0 Å². The van der Waals surface area contributed by atoms with Crippen LogP contribution in [0.1, 0.15) is 26.7 Å². The molecule has 2 N–H and O–H groups in total. The minimum absolute atomic E-state index is 0.814. The highest BCUT2D eigenvalue weighted by Crippen LogP contribution is 2.01. The molecule has 0 aromatic rings. The number of hydrogen-bond acceptors (Lipinski definition) is 2. The van der Waals surface area contributed by atoms with Crippen molar-refractivity contribution in [2.75, 3.05) is 26.2 Å². The van der Waals surface area contributed by atoms with Crippen molar-refractivity contribution in [2.24, 2.45) is 5.92 Å². The van der Waals surface area contributed by atoms with Gasteiger partial charge < -0.3 is 10.6 Å². The molecule has 0 atom stereocenters. The van der Waals surface area contributed by atoms with Crippen molar-refractivity contribution in [3.05, 3.63) is 37.0 Å². The van der Waals surface area contributed by atoms with Gasteiger partial charge in [-0.15, -0.1) is 0 Å². The van der Waals surface area contributed by atoms with Gasteiger partial charge >= 0.3 is 0 Å². The van der Waals surface area contributed by atoms with Crippen LogP contribution in [0.15, 0.2) is 37.0 Å². The smallest absolute Gasteiger partial charge is 0.0205 e. The summed E-state index contributed by atoms with van der Waals surface area (Å²) >= 11 is 0. The Kier molecular flexibility index (Phi) is 11.0. The number of rotatable bonds is 11. The summed E-state index contributed by atoms with van der Waals surface area (Å²) in [6.45, 7) is 16.0. The number of nitrogens with one attached hydrogen (secondary N) is 2. The van der Waals surface area contributed by atoms with Gasteiger partial charge in [0.1, 0.15) is 0 Å². The second-order valence-electron chi connectivity index (χ2n) is 4.64. The zero-order valence-corrected chi connectivity index (χ0v) is 11.5. The van der Waals surface area contributed by atoms with Gasteiger partial charge in [0, 0.05) is 19.6 Å². The maximum Gasteiger partial charge on any atom is 0.0205 e. The average molecular weight is 236 g/mol. The van der Waals surface area contributed by atoms with Gasteiger partial charge in [0.25, 0.3) is 0 Å². The Morgan fingerprint density at radius 2 is 1.82 bits per heavy atom. The Labute approximate surface area is 107 Å². The molecule has 0 heterocycles. The molecule has 0 saturated heterocycles. The molecule has 0 aliphatic carbocycles. The molecule has 0 aromatic carbocycles. The van der Waals surface area contributed by atoms with Crippen molar-refractivity contribution in [1.29, 1.82) is 0 Å². The number of hydrogen-bond donors (Lipinski definition) is 2. The van der Waals surface area contributed by atoms with E-state index in [1.54, 1.807) is 6.08 Å². The van der Waals surface area contributed by atoms with Crippen molar-refractivity contribution in [1.82, 2.24) is 10.6 Å². The largest absolute Gasteiger partial charge is 0.315 e. The average Bonchev–Trinajstić information content (AvgIpc) is 2.30. The lowest BCUT2D eigenvalue weighted by molar-refractivity contribution is 0.523. The first-order chi connectivity index (χ1) is 8.20. The third-order valence-corrected chi connectivity index (χ3v) is 2.54. The van der Waals surface area contributed by atoms with Crippen LogP contribution in [0.3, 0.4) is 0 Å². The normalized spacial score (nSPS) is 11.8. The van der Waals surface area contributed by atoms with Crippen LogP contribution in [0.4, 0.5) is 0 Å². The molecule has 0 spiro atoms. The molecule has 98 valence electrons. The Morgan fingerprint density at radius 1 is 1.12 bits per heavy atom. The van der Waals surface area contributed by atoms with E-state index in [0.29, 0.717) is 0 Å². The summed E-state index contributed by atoms with van der Waals surface area (Å²) < 4.78 is 0. The third kappa shape index (κ3) is 11.4. The summed E-state index contributed by atoms with van der Waals surface area (Å²) in [6.07, 6.45) is 8.22. The molecule has 0 unspecified atom stereocenters. The molecule has 0 fully saturated rings. The summed E-state index contributed by atoms with van der Waals surface area (Å²) in [6, 6.07) is 0. The molecular weight excluding hydrogens is 208 g/mol. The first-order valence-electron chi connectivity index (χ1n) is 6.56. The lowest BCUT2D eigenvalue weighted by Gasteiger charge is -2.08. The monoisotopic (exact) mass is 236 g/mol. The molecule has 0 amide bonds. The Hall–Kier alpha value is -0.860. The van der Waals surface area contributed by atoms with E-state index in [2.05, 4.69) is 37.6 Å². The second-order valence-corrected chi connectivity index (χ2v) is 4.64. The molecule has 2 nitrogen and oxygen atoms in total. The van der Waals surface area contributed by atoms with Crippen molar-refractivity contribution in [2.45, 2.75) is 26.7 Å². The van der Waals surface area contributed by atoms with Crippen LogP contribution in [-0.2, 0) is 0 Å². The van der Waals surface area contributed by atoms with Gasteiger partial charge in [-0.2, -0.15) is 0 Å². The predicted molar refractivity (Wildman–Crippen MR) is 78.3 cm³/mol. The highest BCUT2D eigenvalue weighted by atomic mass is 14.9. The minimum Gasteiger partial charge on any atom is -0.315 e. The fraction of sp³-hybridized carbons (Fsp3) is 0.600. The maximum atomic E-state index is 3.76. The molecule has 0 radical (unpaired) electrons. The van der Waals surface area contributed by atoms with Crippen LogP contribution in [0.5, 0.6) is 0 Å². The van der Waals surface area contributed by atoms with Crippen molar-refractivity contribution >= 4 is 0 Å². The third-order valence-electron chi connectivity index (χ3n) is 2.54. The Morgan fingerprint density at radius 3 is 2.41 bits per heavy atom. The lowest BCUT2D eigenvalue weighted by Crippen LogP contribution is -2.29. The molecule has 0 bridgehead atoms. The molecule has 0 aliphatic heterocycles. The summed E-state index contributed by atoms with van der Waals surface area (Å²) in [4.78, 5) is 0. The van der Waals surface area contributed by atoms with E-state index < -0.39 is 0 Å². The quantitative estimate of drug-likeness (QED) is 0.426. The topological polar surface area (TPSA) is 24.1 Å². The van der Waals surface area contributed by atoms with Crippen LogP contribution >= 0.6 is 0 Å². The van der Waals surface area contributed by atoms with Gasteiger partial charge in [-0.3, -0.25) is 0 Å². The molecule has 0 aliphatic rings. The van der Waals surface area contributed by atoms with Gasteiger partial charge in [0.2, 0.25) is 0 Å². The van der Waals surface area contributed by atoms with Gasteiger partial charge in [-0.05, 0) is 30.9 Å².